The summed E-state index contributed by atoms with van der Waals surface area (Å²) in [6, 6.07) is 13.0. The number of ether oxygens (including phenoxy) is 2. The molecule has 130 valence electrons. The van der Waals surface area contributed by atoms with E-state index in [2.05, 4.69) is 20.1 Å². The molecule has 2 N–H and O–H groups in total. The van der Waals surface area contributed by atoms with Gasteiger partial charge in [-0.05, 0) is 42.5 Å². The summed E-state index contributed by atoms with van der Waals surface area (Å²) in [4.78, 5) is 34.8. The highest BCUT2D eigenvalue weighted by molar-refractivity contribution is 5.96. The number of rotatable bonds is 6. The molecule has 0 atom stereocenters. The summed E-state index contributed by atoms with van der Waals surface area (Å²) in [5, 5.41) is 5.63. The van der Waals surface area contributed by atoms with Gasteiger partial charge in [0.15, 0.2) is 0 Å². The number of carbonyl (C=O) groups excluding carboxylic acids is 3. The van der Waals surface area contributed by atoms with Gasteiger partial charge in [-0.1, -0.05) is 6.07 Å². The van der Waals surface area contributed by atoms with Crippen molar-refractivity contribution in [3.63, 3.8) is 0 Å². The zero-order chi connectivity index (χ0) is 18.2. The van der Waals surface area contributed by atoms with E-state index in [0.717, 1.165) is 0 Å². The van der Waals surface area contributed by atoms with Gasteiger partial charge in [0.1, 0.15) is 0 Å². The molecule has 0 fully saturated rings. The summed E-state index contributed by atoms with van der Waals surface area (Å²) in [6.45, 7) is 0.0278. The Morgan fingerprint density at radius 1 is 0.840 bits per heavy atom. The Morgan fingerprint density at radius 2 is 1.48 bits per heavy atom. The summed E-state index contributed by atoms with van der Waals surface area (Å²) in [7, 11) is 2.61. The van der Waals surface area contributed by atoms with Crippen LogP contribution in [0.4, 0.5) is 11.4 Å². The molecule has 0 radical (unpaired) electrons. The van der Waals surface area contributed by atoms with Gasteiger partial charge >= 0.3 is 11.9 Å². The molecule has 0 bridgehead atoms. The molecule has 7 nitrogen and oxygen atoms in total. The SMILES string of the molecule is COC(=O)c1ccc(NCC(=O)Nc2cccc(C(=O)OC)c2)cc1. The first-order chi connectivity index (χ1) is 12.0. The Labute approximate surface area is 144 Å². The first-order valence-corrected chi connectivity index (χ1v) is 7.44. The highest BCUT2D eigenvalue weighted by atomic mass is 16.5. The van der Waals surface area contributed by atoms with Crippen molar-refractivity contribution in [1.82, 2.24) is 0 Å². The van der Waals surface area contributed by atoms with Crippen molar-refractivity contribution in [1.29, 1.82) is 0 Å². The van der Waals surface area contributed by atoms with Crippen molar-refractivity contribution >= 4 is 29.2 Å². The summed E-state index contributed by atoms with van der Waals surface area (Å²) >= 11 is 0. The van der Waals surface area contributed by atoms with E-state index in [9.17, 15) is 14.4 Å². The van der Waals surface area contributed by atoms with E-state index in [1.165, 1.54) is 20.3 Å². The Bertz CT molecular complexity index is 771. The second-order valence-electron chi connectivity index (χ2n) is 5.04. The molecule has 0 spiro atoms. The highest BCUT2D eigenvalue weighted by Gasteiger charge is 2.08. The van der Waals surface area contributed by atoms with Crippen LogP contribution in [-0.4, -0.2) is 38.6 Å². The average molecular weight is 342 g/mol. The topological polar surface area (TPSA) is 93.7 Å². The van der Waals surface area contributed by atoms with Crippen LogP contribution in [-0.2, 0) is 14.3 Å². The van der Waals surface area contributed by atoms with Crippen molar-refractivity contribution < 1.29 is 23.9 Å². The number of nitrogens with one attached hydrogen (secondary N) is 2. The normalized spacial score (nSPS) is 9.84. The van der Waals surface area contributed by atoms with E-state index in [1.54, 1.807) is 42.5 Å². The predicted molar refractivity (Wildman–Crippen MR) is 92.7 cm³/mol. The van der Waals surface area contributed by atoms with Crippen LogP contribution in [0.15, 0.2) is 48.5 Å². The van der Waals surface area contributed by atoms with Gasteiger partial charge in [-0.2, -0.15) is 0 Å². The fourth-order valence-electron chi connectivity index (χ4n) is 2.07. The van der Waals surface area contributed by atoms with E-state index in [-0.39, 0.29) is 12.5 Å². The third-order valence-electron chi connectivity index (χ3n) is 3.33. The van der Waals surface area contributed by atoms with Crippen molar-refractivity contribution in [2.24, 2.45) is 0 Å². The zero-order valence-electron chi connectivity index (χ0n) is 13.9. The number of hydrogen-bond acceptors (Lipinski definition) is 6. The minimum atomic E-state index is -0.472. The van der Waals surface area contributed by atoms with E-state index in [1.807, 2.05) is 0 Å². The zero-order valence-corrected chi connectivity index (χ0v) is 13.9. The van der Waals surface area contributed by atoms with Crippen LogP contribution in [0.5, 0.6) is 0 Å². The van der Waals surface area contributed by atoms with Crippen molar-refractivity contribution in [2.75, 3.05) is 31.4 Å². The molecule has 0 saturated heterocycles. The van der Waals surface area contributed by atoms with Gasteiger partial charge in [-0.25, -0.2) is 9.59 Å². The number of amides is 1. The molecule has 2 aromatic rings. The Hall–Kier alpha value is -3.35. The number of carbonyl (C=O) groups is 3. The lowest BCUT2D eigenvalue weighted by Gasteiger charge is -2.09. The fourth-order valence-corrected chi connectivity index (χ4v) is 2.07. The second kappa shape index (κ2) is 8.49. The molecule has 0 aromatic heterocycles. The monoisotopic (exact) mass is 342 g/mol. The molecule has 0 aliphatic rings. The van der Waals surface area contributed by atoms with Crippen LogP contribution < -0.4 is 10.6 Å². The summed E-state index contributed by atoms with van der Waals surface area (Å²) in [5.74, 6) is -1.17. The minimum absolute atomic E-state index is 0.0278. The molecule has 1 amide bonds. The van der Waals surface area contributed by atoms with Gasteiger partial charge in [0.25, 0.3) is 0 Å². The third-order valence-corrected chi connectivity index (χ3v) is 3.33. The predicted octanol–water partition coefficient (Wildman–Crippen LogP) is 2.31. The van der Waals surface area contributed by atoms with Gasteiger partial charge in [-0.3, -0.25) is 4.79 Å². The number of methoxy groups -OCH3 is 2. The molecule has 25 heavy (non-hydrogen) atoms. The smallest absolute Gasteiger partial charge is 0.337 e. The van der Waals surface area contributed by atoms with Crippen LogP contribution >= 0.6 is 0 Å². The van der Waals surface area contributed by atoms with E-state index < -0.39 is 11.9 Å². The van der Waals surface area contributed by atoms with Crippen molar-refractivity contribution in [3.05, 3.63) is 59.7 Å². The molecule has 0 aliphatic carbocycles. The average Bonchev–Trinajstić information content (AvgIpc) is 2.65. The van der Waals surface area contributed by atoms with Gasteiger partial charge in [0.05, 0.1) is 31.9 Å². The molecule has 2 rings (SSSR count). The van der Waals surface area contributed by atoms with Gasteiger partial charge in [-0.15, -0.1) is 0 Å². The molecule has 7 heteroatoms. The van der Waals surface area contributed by atoms with Crippen LogP contribution in [0.1, 0.15) is 20.7 Å². The third kappa shape index (κ3) is 5.07. The van der Waals surface area contributed by atoms with Crippen LogP contribution in [0.25, 0.3) is 0 Å². The van der Waals surface area contributed by atoms with Gasteiger partial charge in [0.2, 0.25) is 5.91 Å². The first kappa shape index (κ1) is 18.0. The molecule has 2 aromatic carbocycles. The lowest BCUT2D eigenvalue weighted by molar-refractivity contribution is -0.114. The minimum Gasteiger partial charge on any atom is -0.465 e. The number of anilines is 2. The molecular formula is C18H18N2O5. The van der Waals surface area contributed by atoms with Crippen molar-refractivity contribution in [3.8, 4) is 0 Å². The fraction of sp³-hybridized carbons (Fsp3) is 0.167. The van der Waals surface area contributed by atoms with E-state index >= 15 is 0 Å². The van der Waals surface area contributed by atoms with E-state index in [0.29, 0.717) is 22.5 Å². The molecule has 0 saturated carbocycles. The largest absolute Gasteiger partial charge is 0.465 e. The first-order valence-electron chi connectivity index (χ1n) is 7.44. The number of hydrogen-bond donors (Lipinski definition) is 2. The summed E-state index contributed by atoms with van der Waals surface area (Å²) in [5.41, 5.74) is 1.96. The van der Waals surface area contributed by atoms with Crippen LogP contribution in [0, 0.1) is 0 Å². The lowest BCUT2D eigenvalue weighted by atomic mass is 10.2. The molecule has 0 unspecified atom stereocenters. The summed E-state index contributed by atoms with van der Waals surface area (Å²) in [6.07, 6.45) is 0. The molecule has 0 aliphatic heterocycles. The number of esters is 2. The molecular weight excluding hydrogens is 324 g/mol. The van der Waals surface area contributed by atoms with E-state index in [4.69, 9.17) is 0 Å². The maximum absolute atomic E-state index is 12.0. The maximum atomic E-state index is 12.0. The molecule has 0 heterocycles. The van der Waals surface area contributed by atoms with Crippen LogP contribution in [0.2, 0.25) is 0 Å². The van der Waals surface area contributed by atoms with Gasteiger partial charge in [0, 0.05) is 11.4 Å². The van der Waals surface area contributed by atoms with Gasteiger partial charge < -0.3 is 20.1 Å². The Morgan fingerprint density at radius 3 is 2.12 bits per heavy atom. The maximum Gasteiger partial charge on any atom is 0.337 e. The van der Waals surface area contributed by atoms with Crippen molar-refractivity contribution in [2.45, 2.75) is 0 Å². The Kier molecular flexibility index (Phi) is 6.11. The standard InChI is InChI=1S/C18H18N2O5/c1-24-17(22)12-6-8-14(9-7-12)19-11-16(21)20-15-5-3-4-13(10-15)18(23)25-2/h3-10,19H,11H2,1-2H3,(H,20,21). The Balaban J connectivity index is 1.90. The summed E-state index contributed by atoms with van der Waals surface area (Å²) < 4.78 is 9.26. The van der Waals surface area contributed by atoms with Crippen LogP contribution in [0.3, 0.4) is 0 Å². The number of benzene rings is 2. The second-order valence-corrected chi connectivity index (χ2v) is 5.04. The lowest BCUT2D eigenvalue weighted by Crippen LogP contribution is -2.22. The highest BCUT2D eigenvalue weighted by Crippen LogP contribution is 2.12. The quantitative estimate of drug-likeness (QED) is 0.783.